The SMILES string of the molecule is CC/C=C\C/C=C\C/C=C\C/C=C\C/C=C\CCCCCC(=O)OCC(COP(=O)(O)OCC(O)COP(=O)(O)OCC(COC(=O)CCCCCCCC/C=C\C/C=C\C/C=C\CCCCC)OC(=O)CCCCCCCC/C=C\C/C=C\C/C=C\CCCCC)OC(=O)CCCCCCC/C=C\CCCCCC. The number of ether oxygens (including phenoxy) is 4. The lowest BCUT2D eigenvalue weighted by molar-refractivity contribution is -0.161. The fourth-order valence-electron chi connectivity index (χ4n) is 11.2. The van der Waals surface area contributed by atoms with Gasteiger partial charge in [0.25, 0.3) is 0 Å². The topological polar surface area (TPSA) is 237 Å². The molecule has 5 atom stereocenters. The number of phosphoric acid groups is 2. The Hall–Kier alpha value is -5.06. The average Bonchev–Trinajstić information content (AvgIpc) is 0.942. The quantitative estimate of drug-likeness (QED) is 0.0169. The molecule has 5 unspecified atom stereocenters. The minimum absolute atomic E-state index is 0.0733. The van der Waals surface area contributed by atoms with Crippen molar-refractivity contribution in [3.63, 3.8) is 0 Å². The molecule has 0 spiro atoms. The van der Waals surface area contributed by atoms with Gasteiger partial charge >= 0.3 is 39.5 Å². The van der Waals surface area contributed by atoms with Crippen molar-refractivity contribution >= 4 is 39.5 Å². The fourth-order valence-corrected chi connectivity index (χ4v) is 12.8. The largest absolute Gasteiger partial charge is 0.472 e. The maximum absolute atomic E-state index is 13.1. The maximum Gasteiger partial charge on any atom is 0.472 e. The van der Waals surface area contributed by atoms with E-state index >= 15 is 0 Å². The first-order valence-electron chi connectivity index (χ1n) is 43.1. The zero-order valence-electron chi connectivity index (χ0n) is 69.1. The van der Waals surface area contributed by atoms with Crippen LogP contribution in [0, 0.1) is 0 Å². The van der Waals surface area contributed by atoms with Gasteiger partial charge in [-0.15, -0.1) is 0 Å². The summed E-state index contributed by atoms with van der Waals surface area (Å²) in [5, 5.41) is 10.7. The number of aliphatic hydroxyl groups excluding tert-OH is 1. The first-order valence-corrected chi connectivity index (χ1v) is 46.1. The number of aliphatic hydroxyl groups is 1. The van der Waals surface area contributed by atoms with E-state index in [4.69, 9.17) is 37.0 Å². The van der Waals surface area contributed by atoms with Crippen molar-refractivity contribution in [1.82, 2.24) is 0 Å². The van der Waals surface area contributed by atoms with Crippen LogP contribution in [0.4, 0.5) is 0 Å². The van der Waals surface area contributed by atoms with Crippen LogP contribution < -0.4 is 0 Å². The predicted molar refractivity (Wildman–Crippen MR) is 454 cm³/mol. The van der Waals surface area contributed by atoms with Crippen LogP contribution >= 0.6 is 15.6 Å². The Kier molecular flexibility index (Phi) is 78.2. The van der Waals surface area contributed by atoms with E-state index in [0.29, 0.717) is 25.7 Å². The lowest BCUT2D eigenvalue weighted by Gasteiger charge is -2.21. The Balaban J connectivity index is 5.42. The molecule has 630 valence electrons. The number of rotatable bonds is 80. The van der Waals surface area contributed by atoms with Crippen LogP contribution in [0.1, 0.15) is 349 Å². The van der Waals surface area contributed by atoms with Gasteiger partial charge in [0.15, 0.2) is 12.2 Å². The van der Waals surface area contributed by atoms with Crippen molar-refractivity contribution in [3.8, 4) is 0 Å². The Bertz CT molecular complexity index is 2650. The van der Waals surface area contributed by atoms with Crippen molar-refractivity contribution in [3.05, 3.63) is 146 Å². The molecule has 0 aliphatic carbocycles. The zero-order valence-corrected chi connectivity index (χ0v) is 70.9. The summed E-state index contributed by atoms with van der Waals surface area (Å²) < 4.78 is 68.8. The molecule has 0 fully saturated rings. The molecule has 0 aromatic rings. The summed E-state index contributed by atoms with van der Waals surface area (Å²) >= 11 is 0. The molecule has 0 aliphatic heterocycles. The first kappa shape index (κ1) is 105. The van der Waals surface area contributed by atoms with Crippen LogP contribution in [0.2, 0.25) is 0 Å². The minimum Gasteiger partial charge on any atom is -0.462 e. The van der Waals surface area contributed by atoms with Crippen LogP contribution in [-0.4, -0.2) is 96.7 Å². The number of hydrogen-bond donors (Lipinski definition) is 3. The second kappa shape index (κ2) is 81.9. The molecule has 3 N–H and O–H groups in total. The molecule has 0 rings (SSSR count). The second-order valence-corrected chi connectivity index (χ2v) is 31.3. The van der Waals surface area contributed by atoms with Crippen LogP contribution in [0.3, 0.4) is 0 Å². The van der Waals surface area contributed by atoms with Gasteiger partial charge in [0.2, 0.25) is 0 Å². The van der Waals surface area contributed by atoms with Gasteiger partial charge in [-0.1, -0.05) is 296 Å². The molecule has 17 nitrogen and oxygen atoms in total. The van der Waals surface area contributed by atoms with Gasteiger partial charge in [0.1, 0.15) is 19.3 Å². The van der Waals surface area contributed by atoms with Crippen LogP contribution in [0.25, 0.3) is 0 Å². The number of esters is 4. The molecule has 19 heteroatoms. The van der Waals surface area contributed by atoms with Crippen molar-refractivity contribution in [1.29, 1.82) is 0 Å². The molecule has 0 aromatic carbocycles. The molecule has 0 saturated carbocycles. The Morgan fingerprint density at radius 1 is 0.264 bits per heavy atom. The molecule has 110 heavy (non-hydrogen) atoms. The van der Waals surface area contributed by atoms with E-state index in [1.165, 1.54) is 64.2 Å². The van der Waals surface area contributed by atoms with E-state index < -0.39 is 97.5 Å². The number of carbonyl (C=O) groups excluding carboxylic acids is 4. The zero-order chi connectivity index (χ0) is 80.3. The molecule has 0 amide bonds. The molecule has 0 aromatic heterocycles. The summed E-state index contributed by atoms with van der Waals surface area (Å²) in [5.41, 5.74) is 0. The van der Waals surface area contributed by atoms with Crippen molar-refractivity contribution in [2.24, 2.45) is 0 Å². The summed E-state index contributed by atoms with van der Waals surface area (Å²) in [6.45, 7) is 4.65. The van der Waals surface area contributed by atoms with Gasteiger partial charge in [-0.05, 0) is 173 Å². The Morgan fingerprint density at radius 3 is 0.764 bits per heavy atom. The standard InChI is InChI=1S/C91H154O17P2/c1-5-9-13-17-21-25-29-33-36-39-42-45-48-52-55-59-63-67-71-75-88(93)101-81-86(107-90(95)77-73-69-65-61-57-51-32-28-24-20-16-12-8-4)83-105-109(97,98)103-79-85(92)80-104-110(99,100)106-84-87(108-91(96)78-74-70-66-62-58-54-50-47-44-41-38-35-31-27-23-19-15-11-7-3)82-102-89(94)76-72-68-64-60-56-53-49-46-43-40-37-34-30-26-22-18-14-10-6-2/h9,13,21-23,25-28,32-38,42-47,52,55,85-87,92H,5-8,10-12,14-20,24,29-31,39-41,48-51,53-54,56-84H2,1-4H3,(H,97,98)(H,99,100)/b13-9-,25-21-,26-22-,27-23-,32-28-,36-33-,37-34-,38-35-,45-42-,46-43-,47-44-,55-52-. The van der Waals surface area contributed by atoms with Gasteiger partial charge < -0.3 is 33.8 Å². The number of allylic oxidation sites excluding steroid dienone is 24. The summed E-state index contributed by atoms with van der Waals surface area (Å²) in [6.07, 6.45) is 95.1. The van der Waals surface area contributed by atoms with Crippen LogP contribution in [0.15, 0.2) is 146 Å². The lowest BCUT2D eigenvalue weighted by Crippen LogP contribution is -2.30. The average molecular weight is 1580 g/mol. The highest BCUT2D eigenvalue weighted by Gasteiger charge is 2.30. The molecule has 0 aliphatic rings. The van der Waals surface area contributed by atoms with E-state index in [-0.39, 0.29) is 25.7 Å². The van der Waals surface area contributed by atoms with Gasteiger partial charge in [0.05, 0.1) is 26.4 Å². The summed E-state index contributed by atoms with van der Waals surface area (Å²) in [6, 6.07) is 0. The van der Waals surface area contributed by atoms with Gasteiger partial charge in [0, 0.05) is 25.7 Å². The molecule has 0 heterocycles. The number of hydrogen-bond acceptors (Lipinski definition) is 15. The normalized spacial score (nSPS) is 14.5. The second-order valence-electron chi connectivity index (χ2n) is 28.4. The highest BCUT2D eigenvalue weighted by Crippen LogP contribution is 2.45. The van der Waals surface area contributed by atoms with Crippen LogP contribution in [-0.2, 0) is 65.4 Å². The summed E-state index contributed by atoms with van der Waals surface area (Å²) in [4.78, 5) is 73.3. The summed E-state index contributed by atoms with van der Waals surface area (Å²) in [5.74, 6) is -2.24. The monoisotopic (exact) mass is 1580 g/mol. The van der Waals surface area contributed by atoms with E-state index in [0.717, 1.165) is 205 Å². The third kappa shape index (κ3) is 81.0. The van der Waals surface area contributed by atoms with E-state index in [1.807, 2.05) is 0 Å². The van der Waals surface area contributed by atoms with Crippen molar-refractivity contribution in [2.75, 3.05) is 39.6 Å². The van der Waals surface area contributed by atoms with Crippen LogP contribution in [0.5, 0.6) is 0 Å². The Labute approximate surface area is 668 Å². The van der Waals surface area contributed by atoms with Crippen molar-refractivity contribution in [2.45, 2.75) is 367 Å². The molecular formula is C91H154O17P2. The van der Waals surface area contributed by atoms with E-state index in [2.05, 4.69) is 174 Å². The fraction of sp³-hybridized carbons (Fsp3) is 0.692. The number of phosphoric ester groups is 2. The van der Waals surface area contributed by atoms with Crippen molar-refractivity contribution < 1.29 is 80.2 Å². The molecule has 0 bridgehead atoms. The minimum atomic E-state index is -5.00. The third-order valence-electron chi connectivity index (χ3n) is 17.8. The highest BCUT2D eigenvalue weighted by molar-refractivity contribution is 7.47. The molecule has 0 radical (unpaired) electrons. The Morgan fingerprint density at radius 2 is 0.473 bits per heavy atom. The highest BCUT2D eigenvalue weighted by atomic mass is 31.2. The van der Waals surface area contributed by atoms with Gasteiger partial charge in [-0.2, -0.15) is 0 Å². The number of unbranched alkanes of at least 4 members (excludes halogenated alkanes) is 30. The number of carbonyl (C=O) groups is 4. The van der Waals surface area contributed by atoms with E-state index in [9.17, 15) is 43.2 Å². The van der Waals surface area contributed by atoms with E-state index in [1.54, 1.807) is 0 Å². The maximum atomic E-state index is 13.1. The van der Waals surface area contributed by atoms with Gasteiger partial charge in [-0.3, -0.25) is 37.3 Å². The lowest BCUT2D eigenvalue weighted by atomic mass is 10.1. The van der Waals surface area contributed by atoms with Gasteiger partial charge in [-0.25, -0.2) is 9.13 Å². The first-order chi connectivity index (χ1) is 53.7. The third-order valence-corrected chi connectivity index (χ3v) is 19.7. The predicted octanol–water partition coefficient (Wildman–Crippen LogP) is 25.8. The smallest absolute Gasteiger partial charge is 0.462 e. The molecule has 0 saturated heterocycles. The summed E-state index contributed by atoms with van der Waals surface area (Å²) in [7, 11) is -9.99. The molecular weight excluding hydrogens is 1430 g/mol.